The van der Waals surface area contributed by atoms with Crippen LogP contribution < -0.4 is 0 Å². The average molecular weight is 112 g/mol. The molecule has 1 aliphatic rings. The number of hydrogen-bond acceptors (Lipinski definition) is 2. The van der Waals surface area contributed by atoms with Gasteiger partial charge in [0.2, 0.25) is 0 Å². The van der Waals surface area contributed by atoms with Gasteiger partial charge in [-0.05, 0) is 12.2 Å². The fourth-order valence-electron chi connectivity index (χ4n) is 0.990. The quantitative estimate of drug-likeness (QED) is 0.413. The molecule has 0 heterocycles. The normalized spacial score (nSPS) is 47.5. The maximum absolute atomic E-state index is 8.89. The van der Waals surface area contributed by atoms with Gasteiger partial charge in [-0.3, -0.25) is 0 Å². The third-order valence-electron chi connectivity index (χ3n) is 1.63. The Morgan fingerprint density at radius 3 is 2.00 bits per heavy atom. The van der Waals surface area contributed by atoms with Crippen molar-refractivity contribution in [2.75, 3.05) is 0 Å². The minimum absolute atomic E-state index is 0.204. The summed E-state index contributed by atoms with van der Waals surface area (Å²) in [6.07, 6.45) is 0.116. The average Bonchev–Trinajstić information content (AvgIpc) is 1.98. The van der Waals surface area contributed by atoms with Gasteiger partial charge in [-0.2, -0.15) is 0 Å². The number of aliphatic hydroxyl groups excluding tert-OH is 2. The fraction of sp³-hybridized carbons (Fsp3) is 1.00. The van der Waals surface area contributed by atoms with Gasteiger partial charge in [0.1, 0.15) is 0 Å². The Morgan fingerprint density at radius 2 is 1.88 bits per heavy atom. The molecule has 0 amide bonds. The predicted octanol–water partition coefficient (Wildman–Crippen LogP) is -0.541. The second-order valence-corrected chi connectivity index (χ2v) is 2.30. The van der Waals surface area contributed by atoms with Crippen molar-refractivity contribution >= 4 is 7.85 Å². The van der Waals surface area contributed by atoms with E-state index < -0.39 is 12.2 Å². The minimum Gasteiger partial charge on any atom is -0.391 e. The highest BCUT2D eigenvalue weighted by Gasteiger charge is 2.28. The molecule has 3 atom stereocenters. The highest BCUT2D eigenvalue weighted by Crippen LogP contribution is 2.27. The first-order valence-corrected chi connectivity index (χ1v) is 2.83. The molecular formula is C5H9BO2. The molecule has 1 aliphatic carbocycles. The van der Waals surface area contributed by atoms with Crippen molar-refractivity contribution in [1.29, 1.82) is 0 Å². The van der Waals surface area contributed by atoms with Crippen LogP contribution in [0.1, 0.15) is 12.8 Å². The van der Waals surface area contributed by atoms with Gasteiger partial charge in [0, 0.05) is 0 Å². The lowest BCUT2D eigenvalue weighted by atomic mass is 9.84. The van der Waals surface area contributed by atoms with Crippen LogP contribution in [0.4, 0.5) is 0 Å². The van der Waals surface area contributed by atoms with Crippen molar-refractivity contribution in [3.8, 4) is 0 Å². The molecule has 1 fully saturated rings. The molecule has 0 aromatic rings. The predicted molar refractivity (Wildman–Crippen MR) is 30.8 cm³/mol. The first-order valence-electron chi connectivity index (χ1n) is 2.83. The van der Waals surface area contributed by atoms with E-state index >= 15 is 0 Å². The summed E-state index contributed by atoms with van der Waals surface area (Å²) >= 11 is 0. The summed E-state index contributed by atoms with van der Waals surface area (Å²) < 4.78 is 0. The standard InChI is InChI=1S/C5H9BO2/c6-3-1-2-4(7)5(3)8/h3-5,7-8H,1-2H2. The van der Waals surface area contributed by atoms with E-state index in [1.807, 2.05) is 0 Å². The molecule has 0 aliphatic heterocycles. The molecule has 1 saturated carbocycles. The zero-order valence-electron chi connectivity index (χ0n) is 4.62. The lowest BCUT2D eigenvalue weighted by Crippen LogP contribution is -2.21. The van der Waals surface area contributed by atoms with Crippen molar-refractivity contribution in [2.24, 2.45) is 0 Å². The molecule has 0 saturated heterocycles. The molecular weight excluding hydrogens is 103 g/mol. The van der Waals surface area contributed by atoms with Gasteiger partial charge in [-0.15, -0.1) is 0 Å². The molecule has 2 nitrogen and oxygen atoms in total. The summed E-state index contributed by atoms with van der Waals surface area (Å²) in [6, 6.07) is 0. The number of hydrogen-bond donors (Lipinski definition) is 2. The Labute approximate surface area is 49.9 Å². The SMILES string of the molecule is [B]C1CCC(O)C1O. The second-order valence-electron chi connectivity index (χ2n) is 2.30. The maximum Gasteiger partial charge on any atom is 0.0794 e. The summed E-state index contributed by atoms with van der Waals surface area (Å²) in [7, 11) is 5.36. The molecule has 3 heteroatoms. The van der Waals surface area contributed by atoms with E-state index in [-0.39, 0.29) is 5.82 Å². The van der Waals surface area contributed by atoms with E-state index in [1.54, 1.807) is 0 Å². The lowest BCUT2D eigenvalue weighted by molar-refractivity contribution is 0.0443. The molecule has 8 heavy (non-hydrogen) atoms. The van der Waals surface area contributed by atoms with Gasteiger partial charge in [0.25, 0.3) is 0 Å². The topological polar surface area (TPSA) is 40.5 Å². The molecule has 2 radical (unpaired) electrons. The Morgan fingerprint density at radius 1 is 1.25 bits per heavy atom. The molecule has 1 rings (SSSR count). The fourth-order valence-corrected chi connectivity index (χ4v) is 0.990. The first-order chi connectivity index (χ1) is 3.72. The maximum atomic E-state index is 8.89. The summed E-state index contributed by atoms with van der Waals surface area (Å²) in [5.74, 6) is -0.204. The van der Waals surface area contributed by atoms with Crippen LogP contribution in [0.15, 0.2) is 0 Å². The van der Waals surface area contributed by atoms with E-state index in [0.717, 1.165) is 6.42 Å². The van der Waals surface area contributed by atoms with Gasteiger partial charge in [-0.1, -0.05) is 6.42 Å². The van der Waals surface area contributed by atoms with Crippen molar-refractivity contribution in [3.63, 3.8) is 0 Å². The van der Waals surface area contributed by atoms with Crippen LogP contribution in [0.5, 0.6) is 0 Å². The molecule has 0 bridgehead atoms. The van der Waals surface area contributed by atoms with Gasteiger partial charge in [-0.25, -0.2) is 0 Å². The van der Waals surface area contributed by atoms with Crippen molar-refractivity contribution in [2.45, 2.75) is 30.9 Å². The van der Waals surface area contributed by atoms with Crippen LogP contribution in [0.2, 0.25) is 5.82 Å². The third-order valence-corrected chi connectivity index (χ3v) is 1.63. The van der Waals surface area contributed by atoms with E-state index in [0.29, 0.717) is 6.42 Å². The Bertz CT molecular complexity index is 76.5. The number of aliphatic hydroxyl groups is 2. The Hall–Kier alpha value is -0.0151. The van der Waals surface area contributed by atoms with E-state index in [4.69, 9.17) is 18.1 Å². The summed E-state index contributed by atoms with van der Waals surface area (Å²) in [6.45, 7) is 0. The van der Waals surface area contributed by atoms with E-state index in [9.17, 15) is 0 Å². The molecule has 0 aromatic carbocycles. The molecule has 44 valence electrons. The smallest absolute Gasteiger partial charge is 0.0794 e. The zero-order valence-corrected chi connectivity index (χ0v) is 4.62. The van der Waals surface area contributed by atoms with Crippen LogP contribution >= 0.6 is 0 Å². The molecule has 3 unspecified atom stereocenters. The third kappa shape index (κ3) is 0.882. The van der Waals surface area contributed by atoms with Crippen LogP contribution in [0, 0.1) is 0 Å². The highest BCUT2D eigenvalue weighted by molar-refractivity contribution is 6.12. The minimum atomic E-state index is -0.685. The van der Waals surface area contributed by atoms with Crippen LogP contribution in [-0.4, -0.2) is 30.3 Å². The monoisotopic (exact) mass is 112 g/mol. The summed E-state index contributed by atoms with van der Waals surface area (Å²) in [5, 5.41) is 17.7. The van der Waals surface area contributed by atoms with Gasteiger partial charge >= 0.3 is 0 Å². The molecule has 0 aromatic heterocycles. The Kier molecular flexibility index (Phi) is 1.58. The largest absolute Gasteiger partial charge is 0.391 e. The number of rotatable bonds is 0. The molecule has 0 spiro atoms. The van der Waals surface area contributed by atoms with Crippen LogP contribution in [0.3, 0.4) is 0 Å². The van der Waals surface area contributed by atoms with Crippen LogP contribution in [0.25, 0.3) is 0 Å². The van der Waals surface area contributed by atoms with Gasteiger partial charge < -0.3 is 10.2 Å². The van der Waals surface area contributed by atoms with E-state index in [1.165, 1.54) is 0 Å². The van der Waals surface area contributed by atoms with Gasteiger partial charge in [0.05, 0.1) is 20.1 Å². The van der Waals surface area contributed by atoms with Crippen molar-refractivity contribution in [3.05, 3.63) is 0 Å². The highest BCUT2D eigenvalue weighted by atomic mass is 16.3. The first kappa shape index (κ1) is 6.11. The van der Waals surface area contributed by atoms with Crippen molar-refractivity contribution in [1.82, 2.24) is 0 Å². The molecule has 2 N–H and O–H groups in total. The summed E-state index contributed by atoms with van der Waals surface area (Å²) in [5.41, 5.74) is 0. The van der Waals surface area contributed by atoms with E-state index in [2.05, 4.69) is 0 Å². The zero-order chi connectivity index (χ0) is 6.15. The Balaban J connectivity index is 2.44. The van der Waals surface area contributed by atoms with Crippen molar-refractivity contribution < 1.29 is 10.2 Å². The van der Waals surface area contributed by atoms with Gasteiger partial charge in [0.15, 0.2) is 0 Å². The summed E-state index contributed by atoms with van der Waals surface area (Å²) in [4.78, 5) is 0. The van der Waals surface area contributed by atoms with Crippen LogP contribution in [-0.2, 0) is 0 Å². The second kappa shape index (κ2) is 2.07. The lowest BCUT2D eigenvalue weighted by Gasteiger charge is -2.10.